The minimum Gasteiger partial charge on any atom is -0.493 e. The minimum atomic E-state index is 0.00721. The maximum atomic E-state index is 11.9. The minimum absolute atomic E-state index is 0.00721. The fourth-order valence-electron chi connectivity index (χ4n) is 3.57. The predicted octanol–water partition coefficient (Wildman–Crippen LogP) is 3.86. The van der Waals surface area contributed by atoms with Crippen LogP contribution in [0.1, 0.15) is 35.1 Å². The van der Waals surface area contributed by atoms with E-state index in [9.17, 15) is 4.79 Å². The lowest BCUT2D eigenvalue weighted by Crippen LogP contribution is -2.36. The molecule has 1 fully saturated rings. The lowest BCUT2D eigenvalue weighted by Gasteiger charge is -2.15. The van der Waals surface area contributed by atoms with Crippen LogP contribution in [0.4, 0.5) is 0 Å². The number of ether oxygens (including phenoxy) is 1. The second-order valence-electron chi connectivity index (χ2n) is 8.63. The molecule has 1 aliphatic carbocycles. The van der Waals surface area contributed by atoms with Crippen molar-refractivity contribution in [3.8, 4) is 5.75 Å². The van der Waals surface area contributed by atoms with Gasteiger partial charge in [-0.3, -0.25) is 9.79 Å². The predicted molar refractivity (Wildman–Crippen MR) is 133 cm³/mol. The number of hydrogen-bond donors (Lipinski definition) is 2. The maximum Gasteiger partial charge on any atom is 0.250 e. The van der Waals surface area contributed by atoms with E-state index in [2.05, 4.69) is 65.0 Å². The average Bonchev–Trinajstić information content (AvgIpc) is 3.66. The summed E-state index contributed by atoms with van der Waals surface area (Å²) in [5.41, 5.74) is 4.57. The summed E-state index contributed by atoms with van der Waals surface area (Å²) in [5.74, 6) is 2.42. The fraction of sp³-hybridized carbons (Fsp3) is 0.333. The largest absolute Gasteiger partial charge is 0.493 e. The van der Waals surface area contributed by atoms with Gasteiger partial charge in [0.1, 0.15) is 5.75 Å². The molecule has 1 heterocycles. The SMILES string of the molecule is CN=C(NCc1ccc(Cn2ccccc2=O)cc1)NCc1ccc(C)cc1OCC1CC1. The van der Waals surface area contributed by atoms with Gasteiger partial charge in [-0.2, -0.15) is 0 Å². The van der Waals surface area contributed by atoms with Gasteiger partial charge in [0.05, 0.1) is 13.2 Å². The van der Waals surface area contributed by atoms with Crippen LogP contribution in [0.2, 0.25) is 0 Å². The molecule has 1 aliphatic rings. The number of pyridine rings is 1. The average molecular weight is 445 g/mol. The van der Waals surface area contributed by atoms with E-state index in [1.165, 1.54) is 18.4 Å². The molecule has 0 saturated heterocycles. The van der Waals surface area contributed by atoms with Crippen LogP contribution in [-0.2, 0) is 19.6 Å². The van der Waals surface area contributed by atoms with Crippen molar-refractivity contribution in [1.29, 1.82) is 0 Å². The summed E-state index contributed by atoms with van der Waals surface area (Å²) < 4.78 is 7.78. The van der Waals surface area contributed by atoms with Crippen molar-refractivity contribution in [2.75, 3.05) is 13.7 Å². The molecule has 0 amide bonds. The molecule has 0 radical (unpaired) electrons. The van der Waals surface area contributed by atoms with Crippen molar-refractivity contribution in [2.45, 2.75) is 39.4 Å². The maximum absolute atomic E-state index is 11.9. The van der Waals surface area contributed by atoms with Gasteiger partial charge in [-0.15, -0.1) is 0 Å². The number of rotatable bonds is 9. The topological polar surface area (TPSA) is 67.7 Å². The van der Waals surface area contributed by atoms with Gasteiger partial charge in [0.2, 0.25) is 0 Å². The first-order chi connectivity index (χ1) is 16.1. The van der Waals surface area contributed by atoms with Gasteiger partial charge < -0.3 is 19.9 Å². The molecule has 0 atom stereocenters. The molecule has 0 unspecified atom stereocenters. The monoisotopic (exact) mass is 444 g/mol. The van der Waals surface area contributed by atoms with E-state index in [4.69, 9.17) is 4.74 Å². The fourth-order valence-corrected chi connectivity index (χ4v) is 3.57. The van der Waals surface area contributed by atoms with Gasteiger partial charge in [-0.25, -0.2) is 0 Å². The number of guanidine groups is 1. The van der Waals surface area contributed by atoms with Crippen LogP contribution >= 0.6 is 0 Å². The summed E-state index contributed by atoms with van der Waals surface area (Å²) in [6, 6.07) is 19.8. The highest BCUT2D eigenvalue weighted by molar-refractivity contribution is 5.79. The second-order valence-corrected chi connectivity index (χ2v) is 8.63. The summed E-state index contributed by atoms with van der Waals surface area (Å²) >= 11 is 0. The molecule has 2 N–H and O–H groups in total. The van der Waals surface area contributed by atoms with Crippen molar-refractivity contribution < 1.29 is 4.74 Å². The standard InChI is InChI=1S/C27H32N4O2/c1-20-6-13-24(25(15-20)33-19-23-11-12-23)17-30-27(28-2)29-16-21-7-9-22(10-8-21)18-31-14-4-3-5-26(31)32/h3-10,13-15,23H,11-12,16-19H2,1-2H3,(H2,28,29,30). The molecule has 6 heteroatoms. The first kappa shape index (κ1) is 22.6. The number of aromatic nitrogens is 1. The van der Waals surface area contributed by atoms with Crippen LogP contribution in [0.15, 0.2) is 76.6 Å². The summed E-state index contributed by atoms with van der Waals surface area (Å²) in [4.78, 5) is 16.2. The number of benzene rings is 2. The van der Waals surface area contributed by atoms with Crippen LogP contribution in [0.25, 0.3) is 0 Å². The van der Waals surface area contributed by atoms with Crippen molar-refractivity contribution >= 4 is 5.96 Å². The van der Waals surface area contributed by atoms with Gasteiger partial charge >= 0.3 is 0 Å². The highest BCUT2D eigenvalue weighted by Gasteiger charge is 2.22. The Kier molecular flexibility index (Phi) is 7.45. The third-order valence-corrected chi connectivity index (χ3v) is 5.80. The Morgan fingerprint density at radius 3 is 2.52 bits per heavy atom. The Labute approximate surface area is 195 Å². The Morgan fingerprint density at radius 2 is 1.79 bits per heavy atom. The van der Waals surface area contributed by atoms with Crippen molar-refractivity contribution in [3.63, 3.8) is 0 Å². The van der Waals surface area contributed by atoms with Gasteiger partial charge in [0.15, 0.2) is 5.96 Å². The zero-order chi connectivity index (χ0) is 23.0. The van der Waals surface area contributed by atoms with Crippen LogP contribution in [0.5, 0.6) is 5.75 Å². The summed E-state index contributed by atoms with van der Waals surface area (Å²) in [7, 11) is 1.77. The van der Waals surface area contributed by atoms with E-state index in [-0.39, 0.29) is 5.56 Å². The lowest BCUT2D eigenvalue weighted by molar-refractivity contribution is 0.296. The molecule has 3 aromatic rings. The number of hydrogen-bond acceptors (Lipinski definition) is 3. The van der Waals surface area contributed by atoms with E-state index in [0.29, 0.717) is 19.6 Å². The Morgan fingerprint density at radius 1 is 1.03 bits per heavy atom. The van der Waals surface area contributed by atoms with E-state index >= 15 is 0 Å². The molecule has 2 aromatic carbocycles. The number of aryl methyl sites for hydroxylation is 1. The molecule has 4 rings (SSSR count). The summed E-state index contributed by atoms with van der Waals surface area (Å²) in [6.07, 6.45) is 4.37. The third-order valence-electron chi connectivity index (χ3n) is 5.80. The van der Waals surface area contributed by atoms with Crippen LogP contribution < -0.4 is 20.9 Å². The van der Waals surface area contributed by atoms with E-state index in [1.54, 1.807) is 23.7 Å². The molecule has 1 saturated carbocycles. The molecular formula is C27H32N4O2. The first-order valence-electron chi connectivity index (χ1n) is 11.5. The smallest absolute Gasteiger partial charge is 0.250 e. The molecule has 6 nitrogen and oxygen atoms in total. The lowest BCUT2D eigenvalue weighted by atomic mass is 10.1. The van der Waals surface area contributed by atoms with Crippen molar-refractivity contribution in [1.82, 2.24) is 15.2 Å². The molecule has 0 aliphatic heterocycles. The zero-order valence-electron chi connectivity index (χ0n) is 19.4. The Balaban J connectivity index is 1.29. The quantitative estimate of drug-likeness (QED) is 0.389. The zero-order valence-corrected chi connectivity index (χ0v) is 19.4. The Bertz CT molecular complexity index is 1150. The summed E-state index contributed by atoms with van der Waals surface area (Å²) in [6.45, 7) is 4.76. The van der Waals surface area contributed by atoms with E-state index in [0.717, 1.165) is 40.9 Å². The molecule has 33 heavy (non-hydrogen) atoms. The van der Waals surface area contributed by atoms with Crippen LogP contribution in [-0.4, -0.2) is 24.2 Å². The van der Waals surface area contributed by atoms with Crippen molar-refractivity contribution in [2.24, 2.45) is 10.9 Å². The van der Waals surface area contributed by atoms with Crippen LogP contribution in [0.3, 0.4) is 0 Å². The molecule has 0 spiro atoms. The van der Waals surface area contributed by atoms with Gasteiger partial charge in [-0.05, 0) is 54.5 Å². The van der Waals surface area contributed by atoms with Gasteiger partial charge in [-0.1, -0.05) is 42.5 Å². The number of aliphatic imine (C=N–C) groups is 1. The number of nitrogens with one attached hydrogen (secondary N) is 2. The summed E-state index contributed by atoms with van der Waals surface area (Å²) in [5, 5.41) is 6.76. The molecule has 172 valence electrons. The number of nitrogens with zero attached hydrogens (tertiary/aromatic N) is 2. The van der Waals surface area contributed by atoms with Gasteiger partial charge in [0.25, 0.3) is 5.56 Å². The first-order valence-corrected chi connectivity index (χ1v) is 11.5. The van der Waals surface area contributed by atoms with E-state index < -0.39 is 0 Å². The molecular weight excluding hydrogens is 412 g/mol. The third kappa shape index (κ3) is 6.72. The molecule has 0 bridgehead atoms. The van der Waals surface area contributed by atoms with E-state index in [1.807, 2.05) is 12.3 Å². The van der Waals surface area contributed by atoms with Gasteiger partial charge in [0, 0.05) is 38.0 Å². The Hall–Kier alpha value is -3.54. The normalized spacial score (nSPS) is 13.6. The van der Waals surface area contributed by atoms with Crippen molar-refractivity contribution in [3.05, 3.63) is 99.5 Å². The second kappa shape index (κ2) is 10.9. The van der Waals surface area contributed by atoms with Crippen LogP contribution in [0, 0.1) is 12.8 Å². The highest BCUT2D eigenvalue weighted by Crippen LogP contribution is 2.30. The highest BCUT2D eigenvalue weighted by atomic mass is 16.5. The molecule has 1 aromatic heterocycles.